The van der Waals surface area contributed by atoms with Gasteiger partial charge in [0.25, 0.3) is 0 Å². The Morgan fingerprint density at radius 2 is 1.64 bits per heavy atom. The molecule has 0 unspecified atom stereocenters. The Balaban J connectivity index is 2.65. The van der Waals surface area contributed by atoms with Crippen LogP contribution in [0.15, 0.2) is 10.5 Å². The van der Waals surface area contributed by atoms with Crippen molar-refractivity contribution >= 4 is 33.9 Å². The Hall–Kier alpha value is -3.42. The largest absolute Gasteiger partial charge is 0.507 e. The minimum Gasteiger partial charge on any atom is -0.507 e. The van der Waals surface area contributed by atoms with Crippen molar-refractivity contribution < 1.29 is 39.2 Å². The minimum atomic E-state index is -1.28. The van der Waals surface area contributed by atoms with Crippen molar-refractivity contribution in [3.05, 3.63) is 28.3 Å². The van der Waals surface area contributed by atoms with E-state index in [9.17, 15) is 30.0 Å². The second-order valence-electron chi connectivity index (χ2n) is 5.59. The number of aromatic carboxylic acids is 1. The molecule has 0 saturated heterocycles. The topological polar surface area (TPSA) is 137 Å². The summed E-state index contributed by atoms with van der Waals surface area (Å²) in [6.07, 6.45) is 0. The zero-order chi connectivity index (χ0) is 18.6. The molecule has 0 aliphatic heterocycles. The first-order valence-corrected chi connectivity index (χ1v) is 7.15. The van der Waals surface area contributed by atoms with Crippen LogP contribution in [-0.4, -0.2) is 39.5 Å². The SMILES string of the molecule is COC(=O)c1c(O)c(O)c2oc3c(C(=O)O)c(C)cc(O)c3c2c1C. The maximum absolute atomic E-state index is 11.9. The van der Waals surface area contributed by atoms with E-state index in [0.717, 1.165) is 7.11 Å². The van der Waals surface area contributed by atoms with E-state index in [4.69, 9.17) is 4.42 Å². The molecule has 3 rings (SSSR count). The van der Waals surface area contributed by atoms with Gasteiger partial charge in [0.05, 0.1) is 12.5 Å². The monoisotopic (exact) mass is 346 g/mol. The van der Waals surface area contributed by atoms with E-state index in [0.29, 0.717) is 0 Å². The maximum atomic E-state index is 11.9. The van der Waals surface area contributed by atoms with Gasteiger partial charge in [0, 0.05) is 5.39 Å². The molecular formula is C17H14O8. The van der Waals surface area contributed by atoms with Gasteiger partial charge in [-0.15, -0.1) is 0 Å². The third-order valence-electron chi connectivity index (χ3n) is 4.17. The van der Waals surface area contributed by atoms with Gasteiger partial charge in [-0.2, -0.15) is 0 Å². The highest BCUT2D eigenvalue weighted by atomic mass is 16.5. The lowest BCUT2D eigenvalue weighted by Crippen LogP contribution is -2.04. The predicted molar refractivity (Wildman–Crippen MR) is 86.5 cm³/mol. The first kappa shape index (κ1) is 16.4. The number of carboxylic acids is 1. The zero-order valence-electron chi connectivity index (χ0n) is 13.5. The Morgan fingerprint density at radius 3 is 2.20 bits per heavy atom. The van der Waals surface area contributed by atoms with Crippen LogP contribution in [0.25, 0.3) is 21.9 Å². The summed E-state index contributed by atoms with van der Waals surface area (Å²) in [4.78, 5) is 23.5. The quantitative estimate of drug-likeness (QED) is 0.410. The van der Waals surface area contributed by atoms with Crippen LogP contribution >= 0.6 is 0 Å². The normalized spacial score (nSPS) is 11.2. The third kappa shape index (κ3) is 2.07. The summed E-state index contributed by atoms with van der Waals surface area (Å²) in [6.45, 7) is 2.95. The molecule has 1 aromatic heterocycles. The molecule has 0 bridgehead atoms. The number of rotatable bonds is 2. The van der Waals surface area contributed by atoms with Crippen LogP contribution in [0.4, 0.5) is 0 Å². The molecule has 130 valence electrons. The van der Waals surface area contributed by atoms with Gasteiger partial charge in [0.2, 0.25) is 5.75 Å². The van der Waals surface area contributed by atoms with Crippen LogP contribution in [0.1, 0.15) is 31.8 Å². The number of carbonyl (C=O) groups excluding carboxylic acids is 1. The average Bonchev–Trinajstić information content (AvgIpc) is 2.93. The van der Waals surface area contributed by atoms with Gasteiger partial charge in [-0.25, -0.2) is 9.59 Å². The summed E-state index contributed by atoms with van der Waals surface area (Å²) < 4.78 is 10.1. The lowest BCUT2D eigenvalue weighted by atomic mass is 9.97. The van der Waals surface area contributed by atoms with Crippen LogP contribution in [0.5, 0.6) is 17.2 Å². The molecule has 0 aliphatic rings. The summed E-state index contributed by atoms with van der Waals surface area (Å²) in [5, 5.41) is 40.2. The van der Waals surface area contributed by atoms with Gasteiger partial charge in [-0.05, 0) is 31.0 Å². The number of phenolic OH excluding ortho intramolecular Hbond substituents is 3. The first-order chi connectivity index (χ1) is 11.7. The van der Waals surface area contributed by atoms with Crippen molar-refractivity contribution in [3.8, 4) is 17.2 Å². The van der Waals surface area contributed by atoms with Gasteiger partial charge in [-0.1, -0.05) is 0 Å². The average molecular weight is 346 g/mol. The smallest absolute Gasteiger partial charge is 0.342 e. The van der Waals surface area contributed by atoms with Crippen molar-refractivity contribution in [3.63, 3.8) is 0 Å². The summed E-state index contributed by atoms with van der Waals surface area (Å²) in [5.74, 6) is -3.95. The highest BCUT2D eigenvalue weighted by molar-refractivity contribution is 6.19. The number of fused-ring (bicyclic) bond motifs is 3. The molecule has 1 heterocycles. The van der Waals surface area contributed by atoms with Crippen molar-refractivity contribution in [2.24, 2.45) is 0 Å². The first-order valence-electron chi connectivity index (χ1n) is 7.15. The molecule has 0 radical (unpaired) electrons. The predicted octanol–water partition coefficient (Wildman–Crippen LogP) is 2.80. The fraction of sp³-hybridized carbons (Fsp3) is 0.176. The van der Waals surface area contributed by atoms with E-state index in [1.807, 2.05) is 0 Å². The van der Waals surface area contributed by atoms with E-state index in [1.165, 1.54) is 19.9 Å². The van der Waals surface area contributed by atoms with Gasteiger partial charge >= 0.3 is 11.9 Å². The van der Waals surface area contributed by atoms with Gasteiger partial charge in [-0.3, -0.25) is 0 Å². The fourth-order valence-corrected chi connectivity index (χ4v) is 3.05. The Labute approximate surface area is 140 Å². The number of phenols is 3. The van der Waals surface area contributed by atoms with E-state index < -0.39 is 23.4 Å². The van der Waals surface area contributed by atoms with Crippen molar-refractivity contribution in [1.29, 1.82) is 0 Å². The molecule has 0 saturated carbocycles. The molecule has 0 aliphatic carbocycles. The maximum Gasteiger partial charge on any atom is 0.342 e. The number of aryl methyl sites for hydroxylation is 2. The van der Waals surface area contributed by atoms with Gasteiger partial charge in [0.15, 0.2) is 16.9 Å². The number of ether oxygens (including phenoxy) is 1. The van der Waals surface area contributed by atoms with Gasteiger partial charge < -0.3 is 29.6 Å². The molecular weight excluding hydrogens is 332 g/mol. The lowest BCUT2D eigenvalue weighted by molar-refractivity contribution is 0.0595. The number of carboxylic acid groups (broad SMARTS) is 1. The molecule has 25 heavy (non-hydrogen) atoms. The molecule has 3 aromatic rings. The van der Waals surface area contributed by atoms with Crippen LogP contribution < -0.4 is 0 Å². The van der Waals surface area contributed by atoms with Crippen LogP contribution in [0, 0.1) is 13.8 Å². The summed E-state index contributed by atoms with van der Waals surface area (Å²) in [5.41, 5.74) is -0.465. The van der Waals surface area contributed by atoms with Gasteiger partial charge in [0.1, 0.15) is 16.9 Å². The zero-order valence-corrected chi connectivity index (χ0v) is 13.5. The molecule has 0 amide bonds. The number of furan rings is 1. The minimum absolute atomic E-state index is 0.0240. The van der Waals surface area contributed by atoms with Crippen LogP contribution in [0.2, 0.25) is 0 Å². The highest BCUT2D eigenvalue weighted by Crippen LogP contribution is 2.48. The molecule has 8 heteroatoms. The molecule has 0 fully saturated rings. The fourth-order valence-electron chi connectivity index (χ4n) is 3.05. The summed E-state index contributed by atoms with van der Waals surface area (Å²) in [7, 11) is 1.11. The Morgan fingerprint density at radius 1 is 1.00 bits per heavy atom. The summed E-state index contributed by atoms with van der Waals surface area (Å²) in [6, 6.07) is 1.25. The number of hydrogen-bond acceptors (Lipinski definition) is 7. The van der Waals surface area contributed by atoms with E-state index in [1.54, 1.807) is 0 Å². The van der Waals surface area contributed by atoms with E-state index in [2.05, 4.69) is 4.74 Å². The Kier molecular flexibility index (Phi) is 3.49. The van der Waals surface area contributed by atoms with Crippen molar-refractivity contribution in [1.82, 2.24) is 0 Å². The molecule has 8 nitrogen and oxygen atoms in total. The number of benzene rings is 2. The number of hydrogen-bond donors (Lipinski definition) is 4. The highest BCUT2D eigenvalue weighted by Gasteiger charge is 2.29. The van der Waals surface area contributed by atoms with E-state index >= 15 is 0 Å². The third-order valence-corrected chi connectivity index (χ3v) is 4.17. The number of methoxy groups -OCH3 is 1. The molecule has 0 atom stereocenters. The molecule has 0 spiro atoms. The van der Waals surface area contributed by atoms with Crippen molar-refractivity contribution in [2.75, 3.05) is 7.11 Å². The second-order valence-corrected chi connectivity index (χ2v) is 5.59. The van der Waals surface area contributed by atoms with Crippen molar-refractivity contribution in [2.45, 2.75) is 13.8 Å². The Bertz CT molecular complexity index is 1070. The second kappa shape index (κ2) is 5.30. The standard InChI is InChI=1S/C17H14O8/c1-5-4-7(18)11-9-6(2)10(17(23)24-3)12(19)13(20)15(9)25-14(11)8(5)16(21)22/h4,18-20H,1-3H3,(H,21,22). The number of carbonyl (C=O) groups is 2. The molecule has 2 aromatic carbocycles. The lowest BCUT2D eigenvalue weighted by Gasteiger charge is -2.09. The van der Waals surface area contributed by atoms with Crippen LogP contribution in [-0.2, 0) is 4.74 Å². The number of aromatic hydroxyl groups is 3. The molecule has 4 N–H and O–H groups in total. The summed E-state index contributed by atoms with van der Waals surface area (Å²) >= 11 is 0. The van der Waals surface area contributed by atoms with Crippen LogP contribution in [0.3, 0.4) is 0 Å². The number of esters is 1. The van der Waals surface area contributed by atoms with E-state index in [-0.39, 0.29) is 49.9 Å².